The summed E-state index contributed by atoms with van der Waals surface area (Å²) in [6.07, 6.45) is 0. The number of aromatic carboxylic acids is 1. The van der Waals surface area contributed by atoms with Crippen molar-refractivity contribution in [1.29, 1.82) is 0 Å². The molecule has 0 aliphatic rings. The Hall–Kier alpha value is -1.29. The number of hydrogen-bond donors (Lipinski definition) is 2. The third-order valence-electron chi connectivity index (χ3n) is 1.27. The number of carboxylic acids is 1. The van der Waals surface area contributed by atoms with E-state index in [-0.39, 0.29) is 11.3 Å². The smallest absolute Gasteiger partial charge is 0.339 e. The lowest BCUT2D eigenvalue weighted by molar-refractivity contribution is 0.0694. The molecule has 55 valence electrons. The molecule has 4 heteroatoms. The number of carboxylic acid groups (broad SMARTS) is 1. The van der Waals surface area contributed by atoms with Crippen LogP contribution in [0.4, 0.5) is 0 Å². The second-order valence-electron chi connectivity index (χ2n) is 2.01. The molecule has 0 amide bonds. The summed E-state index contributed by atoms with van der Waals surface area (Å²) < 4.78 is 0. The minimum atomic E-state index is -1.14. The molecule has 0 atom stereocenters. The van der Waals surface area contributed by atoms with Gasteiger partial charge in [0.2, 0.25) is 0 Å². The predicted molar refractivity (Wildman–Crippen MR) is 40.5 cm³/mol. The summed E-state index contributed by atoms with van der Waals surface area (Å²) in [7, 11) is 3.05. The average Bonchev–Trinajstić information content (AvgIpc) is 1.94. The van der Waals surface area contributed by atoms with Crippen LogP contribution in [0.15, 0.2) is 18.2 Å². The standard InChI is InChI=1S/C7H5O3Si/c8-6-4(7(9)10)2-1-3-5(6)11/h1-3,8H,(H,9,10). The van der Waals surface area contributed by atoms with E-state index < -0.39 is 5.97 Å². The van der Waals surface area contributed by atoms with Gasteiger partial charge in [-0.25, -0.2) is 4.79 Å². The first-order valence-electron chi connectivity index (χ1n) is 2.90. The number of para-hydroxylation sites is 1. The summed E-state index contributed by atoms with van der Waals surface area (Å²) in [6, 6.07) is 4.45. The number of benzene rings is 1. The van der Waals surface area contributed by atoms with Gasteiger partial charge in [-0.2, -0.15) is 0 Å². The van der Waals surface area contributed by atoms with Gasteiger partial charge in [0.05, 0.1) is 10.2 Å². The van der Waals surface area contributed by atoms with Gasteiger partial charge in [0.1, 0.15) is 11.3 Å². The zero-order chi connectivity index (χ0) is 8.43. The van der Waals surface area contributed by atoms with Gasteiger partial charge < -0.3 is 10.2 Å². The normalized spacial score (nSPS) is 9.55. The predicted octanol–water partition coefficient (Wildman–Crippen LogP) is -0.116. The van der Waals surface area contributed by atoms with Gasteiger partial charge in [-0.3, -0.25) is 0 Å². The topological polar surface area (TPSA) is 57.5 Å². The molecule has 0 aromatic heterocycles. The van der Waals surface area contributed by atoms with Gasteiger partial charge in [-0.05, 0) is 11.3 Å². The maximum atomic E-state index is 10.4. The molecule has 0 aliphatic heterocycles. The Labute approximate surface area is 66.7 Å². The van der Waals surface area contributed by atoms with E-state index in [1.807, 2.05) is 0 Å². The summed E-state index contributed by atoms with van der Waals surface area (Å²) in [5.41, 5.74) is -0.0995. The molecule has 1 rings (SSSR count). The molecule has 1 aromatic rings. The van der Waals surface area contributed by atoms with E-state index >= 15 is 0 Å². The second kappa shape index (κ2) is 2.75. The van der Waals surface area contributed by atoms with Crippen molar-refractivity contribution in [1.82, 2.24) is 0 Å². The molecule has 0 unspecified atom stereocenters. The maximum Gasteiger partial charge on any atom is 0.339 e. The van der Waals surface area contributed by atoms with Gasteiger partial charge in [0.15, 0.2) is 0 Å². The highest BCUT2D eigenvalue weighted by molar-refractivity contribution is 6.34. The fourth-order valence-corrected chi connectivity index (χ4v) is 0.947. The third-order valence-corrected chi connectivity index (χ3v) is 1.67. The molecule has 0 spiro atoms. The Morgan fingerprint density at radius 2 is 2.09 bits per heavy atom. The van der Waals surface area contributed by atoms with Gasteiger partial charge in [0.25, 0.3) is 0 Å². The Kier molecular flexibility index (Phi) is 1.95. The van der Waals surface area contributed by atoms with Crippen LogP contribution in [-0.2, 0) is 0 Å². The van der Waals surface area contributed by atoms with Crippen LogP contribution in [-0.4, -0.2) is 26.4 Å². The molecule has 1 aromatic carbocycles. The second-order valence-corrected chi connectivity index (χ2v) is 2.55. The third kappa shape index (κ3) is 1.40. The SMILES string of the molecule is O=C(O)c1cccc([Si])c1O. The molecular weight excluding hydrogens is 160 g/mol. The molecule has 0 fully saturated rings. The Morgan fingerprint density at radius 3 is 2.55 bits per heavy atom. The lowest BCUT2D eigenvalue weighted by atomic mass is 10.2. The number of hydrogen-bond acceptors (Lipinski definition) is 2. The van der Waals surface area contributed by atoms with E-state index in [0.717, 1.165) is 0 Å². The van der Waals surface area contributed by atoms with E-state index in [0.29, 0.717) is 5.19 Å². The summed E-state index contributed by atoms with van der Waals surface area (Å²) in [5.74, 6) is -1.38. The number of aromatic hydroxyl groups is 1. The zero-order valence-electron chi connectivity index (χ0n) is 5.53. The van der Waals surface area contributed by atoms with Crippen molar-refractivity contribution in [2.24, 2.45) is 0 Å². The molecule has 2 N–H and O–H groups in total. The molecule has 11 heavy (non-hydrogen) atoms. The summed E-state index contributed by atoms with van der Waals surface area (Å²) in [4.78, 5) is 10.4. The monoisotopic (exact) mass is 165 g/mol. The fourth-order valence-electron chi connectivity index (χ4n) is 0.716. The van der Waals surface area contributed by atoms with Gasteiger partial charge in [-0.15, -0.1) is 0 Å². The van der Waals surface area contributed by atoms with Crippen LogP contribution in [0.2, 0.25) is 0 Å². The van der Waals surface area contributed by atoms with E-state index in [2.05, 4.69) is 10.2 Å². The van der Waals surface area contributed by atoms with Crippen molar-refractivity contribution in [3.63, 3.8) is 0 Å². The molecule has 0 heterocycles. The molecular formula is C7H5O3Si. The summed E-state index contributed by atoms with van der Waals surface area (Å²) >= 11 is 0. The number of phenols is 1. The van der Waals surface area contributed by atoms with Crippen molar-refractivity contribution >= 4 is 21.4 Å². The summed E-state index contributed by atoms with van der Waals surface area (Å²) in [5, 5.41) is 18.0. The van der Waals surface area contributed by atoms with Gasteiger partial charge in [-0.1, -0.05) is 12.1 Å². The van der Waals surface area contributed by atoms with Gasteiger partial charge >= 0.3 is 5.97 Å². The van der Waals surface area contributed by atoms with Gasteiger partial charge in [0, 0.05) is 0 Å². The highest BCUT2D eigenvalue weighted by Crippen LogP contribution is 2.11. The van der Waals surface area contributed by atoms with Crippen molar-refractivity contribution in [3.8, 4) is 5.75 Å². The van der Waals surface area contributed by atoms with Crippen molar-refractivity contribution < 1.29 is 15.0 Å². The van der Waals surface area contributed by atoms with Crippen LogP contribution >= 0.6 is 0 Å². The van der Waals surface area contributed by atoms with Crippen LogP contribution in [0.1, 0.15) is 10.4 Å². The van der Waals surface area contributed by atoms with Crippen LogP contribution in [0, 0.1) is 0 Å². The van der Waals surface area contributed by atoms with E-state index in [1.165, 1.54) is 6.07 Å². The molecule has 0 saturated carbocycles. The molecule has 0 saturated heterocycles. The average molecular weight is 165 g/mol. The first kappa shape index (κ1) is 7.81. The molecule has 0 bridgehead atoms. The minimum absolute atomic E-state index is 0.0995. The highest BCUT2D eigenvalue weighted by atomic mass is 28.1. The fraction of sp³-hybridized carbons (Fsp3) is 0. The maximum absolute atomic E-state index is 10.4. The number of rotatable bonds is 1. The Morgan fingerprint density at radius 1 is 1.45 bits per heavy atom. The Balaban J connectivity index is 3.27. The minimum Gasteiger partial charge on any atom is -0.507 e. The highest BCUT2D eigenvalue weighted by Gasteiger charge is 2.09. The first-order chi connectivity index (χ1) is 5.13. The molecule has 3 nitrogen and oxygen atoms in total. The zero-order valence-corrected chi connectivity index (χ0v) is 6.53. The van der Waals surface area contributed by atoms with Crippen molar-refractivity contribution in [2.45, 2.75) is 0 Å². The largest absolute Gasteiger partial charge is 0.507 e. The van der Waals surface area contributed by atoms with Crippen LogP contribution in [0.5, 0.6) is 5.75 Å². The van der Waals surface area contributed by atoms with Crippen molar-refractivity contribution in [3.05, 3.63) is 23.8 Å². The quantitative estimate of drug-likeness (QED) is 0.570. The van der Waals surface area contributed by atoms with E-state index in [4.69, 9.17) is 10.2 Å². The first-order valence-corrected chi connectivity index (χ1v) is 3.40. The molecule has 0 aliphatic carbocycles. The number of carbonyl (C=O) groups is 1. The van der Waals surface area contributed by atoms with Crippen LogP contribution < -0.4 is 5.19 Å². The Bertz CT molecular complexity index is 296. The van der Waals surface area contributed by atoms with Crippen LogP contribution in [0.3, 0.4) is 0 Å². The van der Waals surface area contributed by atoms with Crippen molar-refractivity contribution in [2.75, 3.05) is 0 Å². The van der Waals surface area contributed by atoms with E-state index in [1.54, 1.807) is 12.1 Å². The lowest BCUT2D eigenvalue weighted by Crippen LogP contribution is -2.07. The molecule has 3 radical (unpaired) electrons. The summed E-state index contributed by atoms with van der Waals surface area (Å²) in [6.45, 7) is 0. The lowest BCUT2D eigenvalue weighted by Gasteiger charge is -2.00. The van der Waals surface area contributed by atoms with E-state index in [9.17, 15) is 4.79 Å². The van der Waals surface area contributed by atoms with Crippen LogP contribution in [0.25, 0.3) is 0 Å².